The fourth-order valence-corrected chi connectivity index (χ4v) is 1.83. The van der Waals surface area contributed by atoms with Gasteiger partial charge >= 0.3 is 5.97 Å². The van der Waals surface area contributed by atoms with Gasteiger partial charge in [-0.2, -0.15) is 0 Å². The lowest BCUT2D eigenvalue weighted by atomic mass is 10.1. The average Bonchev–Trinajstić information content (AvgIpc) is 2.25. The molecule has 1 aromatic carbocycles. The molecule has 1 aromatic rings. The lowest BCUT2D eigenvalue weighted by Crippen LogP contribution is -2.26. The van der Waals surface area contributed by atoms with E-state index in [1.807, 2.05) is 0 Å². The summed E-state index contributed by atoms with van der Waals surface area (Å²) in [6.45, 7) is 5.22. The van der Waals surface area contributed by atoms with Crippen LogP contribution in [0, 0.1) is 10.1 Å². The monoisotopic (exact) mass is 315 g/mol. The summed E-state index contributed by atoms with van der Waals surface area (Å²) in [6.07, 6.45) is 0. The molecule has 0 amide bonds. The number of esters is 1. The first-order chi connectivity index (χ1) is 8.22. The van der Waals surface area contributed by atoms with Gasteiger partial charge in [0.1, 0.15) is 10.4 Å². The maximum atomic E-state index is 11.8. The number of nitro benzene ring substituents is 1. The number of nitrogens with zero attached hydrogens (tertiary/aromatic N) is 1. The Labute approximate surface area is 113 Å². The Hall–Kier alpha value is -1.43. The quantitative estimate of drug-likeness (QED) is 0.371. The Bertz CT molecular complexity index is 467. The summed E-state index contributed by atoms with van der Waals surface area (Å²) in [5, 5.41) is 10.9. The van der Waals surface area contributed by atoms with E-state index >= 15 is 0 Å². The molecule has 0 saturated heterocycles. The summed E-state index contributed by atoms with van der Waals surface area (Å²) in [5.41, 5.74) is -0.450. The average molecular weight is 316 g/mol. The Morgan fingerprint density at radius 3 is 2.44 bits per heavy atom. The molecule has 0 aromatic heterocycles. The fraction of sp³-hybridized carbons (Fsp3) is 0.417. The number of benzene rings is 1. The second-order valence-corrected chi connectivity index (χ2v) is 5.63. The Morgan fingerprint density at radius 2 is 1.94 bits per heavy atom. The predicted molar refractivity (Wildman–Crippen MR) is 70.6 cm³/mol. The van der Waals surface area contributed by atoms with Gasteiger partial charge in [-0.05, 0) is 20.8 Å². The van der Waals surface area contributed by atoms with Gasteiger partial charge in [-0.15, -0.1) is 0 Å². The molecule has 1 rings (SSSR count). The Morgan fingerprint density at radius 1 is 1.39 bits per heavy atom. The van der Waals surface area contributed by atoms with Crippen LogP contribution in [0.15, 0.2) is 24.3 Å². The van der Waals surface area contributed by atoms with Crippen molar-refractivity contribution in [1.29, 1.82) is 0 Å². The first-order valence-electron chi connectivity index (χ1n) is 5.32. The maximum Gasteiger partial charge on any atom is 0.325 e. The highest BCUT2D eigenvalue weighted by Gasteiger charge is 2.29. The van der Waals surface area contributed by atoms with Crippen LogP contribution in [0.25, 0.3) is 0 Å². The fourth-order valence-electron chi connectivity index (χ4n) is 1.35. The van der Waals surface area contributed by atoms with Crippen LogP contribution in [0.3, 0.4) is 0 Å². The second-order valence-electron chi connectivity index (χ2n) is 4.71. The standard InChI is InChI=1S/C12H14BrNO4/c1-12(2,3)18-11(15)10(13)8-6-4-5-7-9(8)14(16)17/h4-7,10H,1-3H3. The van der Waals surface area contributed by atoms with Crippen molar-refractivity contribution in [2.24, 2.45) is 0 Å². The first kappa shape index (κ1) is 14.6. The third kappa shape index (κ3) is 3.80. The van der Waals surface area contributed by atoms with Crippen molar-refractivity contribution in [3.63, 3.8) is 0 Å². The highest BCUT2D eigenvalue weighted by Crippen LogP contribution is 2.32. The highest BCUT2D eigenvalue weighted by atomic mass is 79.9. The number of carbonyl (C=O) groups is 1. The zero-order valence-electron chi connectivity index (χ0n) is 10.3. The summed E-state index contributed by atoms with van der Waals surface area (Å²) in [7, 11) is 0. The smallest absolute Gasteiger partial charge is 0.325 e. The van der Waals surface area contributed by atoms with Crippen molar-refractivity contribution < 1.29 is 14.5 Å². The number of alkyl halides is 1. The Kier molecular flexibility index (Phi) is 4.45. The number of halogens is 1. The first-order valence-corrected chi connectivity index (χ1v) is 6.24. The molecule has 0 heterocycles. The minimum absolute atomic E-state index is 0.106. The normalized spacial score (nSPS) is 12.9. The van der Waals surface area contributed by atoms with Crippen molar-refractivity contribution >= 4 is 27.6 Å². The van der Waals surface area contributed by atoms with Gasteiger partial charge in [0.05, 0.1) is 10.5 Å². The molecule has 0 radical (unpaired) electrons. The van der Waals surface area contributed by atoms with Gasteiger partial charge in [0.2, 0.25) is 0 Å². The van der Waals surface area contributed by atoms with E-state index in [9.17, 15) is 14.9 Å². The van der Waals surface area contributed by atoms with Crippen LogP contribution in [0.1, 0.15) is 31.2 Å². The topological polar surface area (TPSA) is 69.4 Å². The summed E-state index contributed by atoms with van der Waals surface area (Å²) < 4.78 is 5.18. The van der Waals surface area contributed by atoms with E-state index in [1.165, 1.54) is 12.1 Å². The molecular formula is C12H14BrNO4. The molecule has 18 heavy (non-hydrogen) atoms. The van der Waals surface area contributed by atoms with E-state index in [4.69, 9.17) is 4.74 Å². The van der Waals surface area contributed by atoms with Crippen molar-refractivity contribution in [1.82, 2.24) is 0 Å². The van der Waals surface area contributed by atoms with E-state index in [2.05, 4.69) is 15.9 Å². The number of nitro groups is 1. The minimum atomic E-state index is -0.849. The molecule has 0 aliphatic carbocycles. The summed E-state index contributed by atoms with van der Waals surface area (Å²) >= 11 is 3.14. The van der Waals surface area contributed by atoms with Crippen LogP contribution >= 0.6 is 15.9 Å². The second kappa shape index (κ2) is 5.48. The number of ether oxygens (including phenoxy) is 1. The van der Waals surface area contributed by atoms with Gasteiger partial charge in [-0.3, -0.25) is 14.9 Å². The molecule has 98 valence electrons. The molecular weight excluding hydrogens is 302 g/mol. The van der Waals surface area contributed by atoms with E-state index < -0.39 is 21.3 Å². The van der Waals surface area contributed by atoms with E-state index in [0.717, 1.165) is 0 Å². The number of hydrogen-bond donors (Lipinski definition) is 0. The molecule has 1 unspecified atom stereocenters. The van der Waals surface area contributed by atoms with Gasteiger partial charge in [-0.25, -0.2) is 0 Å². The molecule has 6 heteroatoms. The van der Waals surface area contributed by atoms with Crippen LogP contribution in [0.4, 0.5) is 5.69 Å². The number of rotatable bonds is 3. The molecule has 0 fully saturated rings. The molecule has 0 aliphatic heterocycles. The van der Waals surface area contributed by atoms with Crippen LogP contribution < -0.4 is 0 Å². The largest absolute Gasteiger partial charge is 0.459 e. The molecule has 1 atom stereocenters. The van der Waals surface area contributed by atoms with Gasteiger partial charge in [0.15, 0.2) is 0 Å². The van der Waals surface area contributed by atoms with Gasteiger partial charge in [0.25, 0.3) is 5.69 Å². The lowest BCUT2D eigenvalue weighted by Gasteiger charge is -2.21. The summed E-state index contributed by atoms with van der Waals surface area (Å²) in [6, 6.07) is 6.08. The zero-order valence-corrected chi connectivity index (χ0v) is 11.9. The highest BCUT2D eigenvalue weighted by molar-refractivity contribution is 9.09. The predicted octanol–water partition coefficient (Wildman–Crippen LogP) is 3.37. The number of hydrogen-bond acceptors (Lipinski definition) is 4. The van der Waals surface area contributed by atoms with Crippen molar-refractivity contribution in [3.8, 4) is 0 Å². The third-order valence-electron chi connectivity index (χ3n) is 2.02. The Balaban J connectivity index is 3.00. The number of para-hydroxylation sites is 1. The molecule has 5 nitrogen and oxygen atoms in total. The molecule has 0 saturated carbocycles. The van der Waals surface area contributed by atoms with Gasteiger partial charge in [-0.1, -0.05) is 34.1 Å². The number of carbonyl (C=O) groups excluding carboxylic acids is 1. The van der Waals surface area contributed by atoms with Crippen LogP contribution in [0.2, 0.25) is 0 Å². The van der Waals surface area contributed by atoms with Gasteiger partial charge < -0.3 is 4.74 Å². The molecule has 0 spiro atoms. The zero-order chi connectivity index (χ0) is 13.9. The van der Waals surface area contributed by atoms with E-state index in [0.29, 0.717) is 0 Å². The third-order valence-corrected chi connectivity index (χ3v) is 2.89. The maximum absolute atomic E-state index is 11.8. The van der Waals surface area contributed by atoms with E-state index in [1.54, 1.807) is 32.9 Å². The van der Waals surface area contributed by atoms with Gasteiger partial charge in [0, 0.05) is 6.07 Å². The molecule has 0 bridgehead atoms. The van der Waals surface area contributed by atoms with Crippen molar-refractivity contribution in [2.75, 3.05) is 0 Å². The lowest BCUT2D eigenvalue weighted by molar-refractivity contribution is -0.385. The van der Waals surface area contributed by atoms with Crippen molar-refractivity contribution in [3.05, 3.63) is 39.9 Å². The van der Waals surface area contributed by atoms with Crippen LogP contribution in [0.5, 0.6) is 0 Å². The summed E-state index contributed by atoms with van der Waals surface area (Å²) in [5.74, 6) is -0.545. The van der Waals surface area contributed by atoms with Crippen LogP contribution in [-0.4, -0.2) is 16.5 Å². The molecule has 0 aliphatic rings. The van der Waals surface area contributed by atoms with E-state index in [-0.39, 0.29) is 11.3 Å². The minimum Gasteiger partial charge on any atom is -0.459 e. The molecule has 0 N–H and O–H groups in total. The SMILES string of the molecule is CC(C)(C)OC(=O)C(Br)c1ccccc1[N+](=O)[O-]. The van der Waals surface area contributed by atoms with Crippen molar-refractivity contribution in [2.45, 2.75) is 31.2 Å². The summed E-state index contributed by atoms with van der Waals surface area (Å²) in [4.78, 5) is 21.3. The van der Waals surface area contributed by atoms with Crippen LogP contribution in [-0.2, 0) is 9.53 Å².